The van der Waals surface area contributed by atoms with Crippen LogP contribution in [0.25, 0.3) is 16.5 Å². The van der Waals surface area contributed by atoms with Gasteiger partial charge in [-0.15, -0.1) is 0 Å². The molecule has 0 aliphatic carbocycles. The first-order valence-electron chi connectivity index (χ1n) is 11.6. The molecule has 35 heavy (non-hydrogen) atoms. The maximum atomic E-state index is 10.9. The Hall–Kier alpha value is -3.32. The van der Waals surface area contributed by atoms with Crippen LogP contribution < -0.4 is 5.32 Å². The van der Waals surface area contributed by atoms with Gasteiger partial charge in [0.2, 0.25) is 0 Å². The monoisotopic (exact) mass is 498 g/mol. The van der Waals surface area contributed by atoms with E-state index < -0.39 is 5.97 Å². The van der Waals surface area contributed by atoms with Crippen molar-refractivity contribution in [2.24, 2.45) is 0 Å². The zero-order valence-corrected chi connectivity index (χ0v) is 22.6. The number of nitrogens with zero attached hydrogens (tertiary/aromatic N) is 1. The van der Waals surface area contributed by atoms with Gasteiger partial charge in [0.15, 0.2) is 0 Å². The molecule has 0 atom stereocenters. The third kappa shape index (κ3) is 8.14. The summed E-state index contributed by atoms with van der Waals surface area (Å²) in [4.78, 5) is 11.8. The summed E-state index contributed by atoms with van der Waals surface area (Å²) < 4.78 is 1.91. The second-order valence-electron chi connectivity index (χ2n) is 8.36. The van der Waals surface area contributed by atoms with Crippen LogP contribution in [0.2, 0.25) is 0 Å². The molecule has 1 aromatic heterocycles. The first-order valence-corrected chi connectivity index (χ1v) is 12.0. The van der Waals surface area contributed by atoms with E-state index in [1.807, 2.05) is 44.5 Å². The smallest absolute Gasteiger partial charge is 0.323 e. The van der Waals surface area contributed by atoms with Gasteiger partial charge in [-0.25, -0.2) is 0 Å². The highest BCUT2D eigenvalue weighted by Gasteiger charge is 2.14. The highest BCUT2D eigenvalue weighted by molar-refractivity contribution is 7.80. The molecule has 3 rings (SSSR count). The van der Waals surface area contributed by atoms with Gasteiger partial charge in [0.05, 0.1) is 4.99 Å². The van der Waals surface area contributed by atoms with Gasteiger partial charge in [0, 0.05) is 35.3 Å². The predicted molar refractivity (Wildman–Crippen MR) is 150 cm³/mol. The Morgan fingerprint density at radius 3 is 2.11 bits per heavy atom. The number of phenols is 2. The van der Waals surface area contributed by atoms with Crippen molar-refractivity contribution in [1.29, 1.82) is 0 Å². The van der Waals surface area contributed by atoms with Crippen molar-refractivity contribution in [3.63, 3.8) is 0 Å². The Kier molecular flexibility index (Phi) is 11.5. The first kappa shape index (κ1) is 29.7. The molecular formula is C28H38N2O4S. The zero-order chi connectivity index (χ0) is 26.9. The molecule has 0 saturated carbocycles. The summed E-state index contributed by atoms with van der Waals surface area (Å²) in [6.07, 6.45) is 1.60. The molecule has 0 amide bonds. The number of thiocarbonyl (C=S) groups is 1. The number of rotatable bonds is 5. The van der Waals surface area contributed by atoms with Crippen LogP contribution in [0.3, 0.4) is 0 Å². The maximum absolute atomic E-state index is 10.9. The number of aryl methyl sites for hydroxylation is 3. The van der Waals surface area contributed by atoms with Gasteiger partial charge in [0.25, 0.3) is 0 Å². The molecule has 0 unspecified atom stereocenters. The fourth-order valence-electron chi connectivity index (χ4n) is 3.71. The molecule has 6 nitrogen and oxygen atoms in total. The fraction of sp³-hybridized carbons (Fsp3) is 0.357. The van der Waals surface area contributed by atoms with E-state index in [2.05, 4.69) is 51.0 Å². The topological polar surface area (TPSA) is 94.7 Å². The van der Waals surface area contributed by atoms with Crippen molar-refractivity contribution >= 4 is 39.7 Å². The average Bonchev–Trinajstić information content (AvgIpc) is 3.04. The summed E-state index contributed by atoms with van der Waals surface area (Å²) >= 11 is 4.59. The summed E-state index contributed by atoms with van der Waals surface area (Å²) in [5.41, 5.74) is 6.88. The minimum absolute atomic E-state index is 0.0383. The summed E-state index contributed by atoms with van der Waals surface area (Å²) in [5, 5.41) is 31.8. The van der Waals surface area contributed by atoms with Crippen molar-refractivity contribution in [3.05, 3.63) is 64.9 Å². The van der Waals surface area contributed by atoms with Crippen molar-refractivity contribution in [3.8, 4) is 11.5 Å². The van der Waals surface area contributed by atoms with E-state index >= 15 is 0 Å². The lowest BCUT2D eigenvalue weighted by atomic mass is 10.0. The number of benzene rings is 2. The molecule has 2 aromatic carbocycles. The summed E-state index contributed by atoms with van der Waals surface area (Å²) in [6, 6.07) is 9.30. The highest BCUT2D eigenvalue weighted by atomic mass is 32.1. The molecule has 0 saturated heterocycles. The Bertz CT molecular complexity index is 1210. The zero-order valence-electron chi connectivity index (χ0n) is 21.8. The number of nitrogens with one attached hydrogen (secondary N) is 1. The highest BCUT2D eigenvalue weighted by Crippen LogP contribution is 2.31. The minimum atomic E-state index is -0.794. The van der Waals surface area contributed by atoms with E-state index in [9.17, 15) is 15.0 Å². The Morgan fingerprint density at radius 2 is 1.66 bits per heavy atom. The average molecular weight is 499 g/mol. The van der Waals surface area contributed by atoms with E-state index in [4.69, 9.17) is 5.11 Å². The van der Waals surface area contributed by atoms with E-state index in [0.717, 1.165) is 40.2 Å². The number of hydrogen-bond acceptors (Lipinski definition) is 4. The number of allylic oxidation sites excluding steroid dienone is 1. The molecule has 190 valence electrons. The van der Waals surface area contributed by atoms with Crippen LogP contribution in [0, 0.1) is 13.8 Å². The lowest BCUT2D eigenvalue weighted by Crippen LogP contribution is -2.11. The van der Waals surface area contributed by atoms with Crippen molar-refractivity contribution in [2.45, 2.75) is 60.9 Å². The van der Waals surface area contributed by atoms with Crippen LogP contribution in [0.5, 0.6) is 11.5 Å². The van der Waals surface area contributed by atoms with Crippen molar-refractivity contribution in [1.82, 2.24) is 9.88 Å². The van der Waals surface area contributed by atoms with Crippen LogP contribution in [-0.4, -0.2) is 37.9 Å². The lowest BCUT2D eigenvalue weighted by Gasteiger charge is -2.08. The van der Waals surface area contributed by atoms with Crippen LogP contribution >= 0.6 is 12.2 Å². The van der Waals surface area contributed by atoms with Gasteiger partial charge >= 0.3 is 5.97 Å². The number of aromatic hydroxyl groups is 2. The van der Waals surface area contributed by atoms with Gasteiger partial charge in [-0.2, -0.15) is 0 Å². The van der Waals surface area contributed by atoms with E-state index in [1.54, 1.807) is 6.07 Å². The second kappa shape index (κ2) is 13.5. The van der Waals surface area contributed by atoms with Crippen LogP contribution in [-0.2, 0) is 24.2 Å². The SMILES string of the molecule is C=C(C)c1cc(CC)c(O)cc1O.CCc1c(C)c2cc(C)ccc2n1CC(=O)O.CNC(C)=S. The molecule has 3 aromatic rings. The van der Waals surface area contributed by atoms with E-state index in [0.29, 0.717) is 5.56 Å². The van der Waals surface area contributed by atoms with Crippen LogP contribution in [0.1, 0.15) is 55.6 Å². The van der Waals surface area contributed by atoms with E-state index in [1.165, 1.54) is 22.6 Å². The van der Waals surface area contributed by atoms with Gasteiger partial charge in [0.1, 0.15) is 18.0 Å². The molecule has 0 bridgehead atoms. The van der Waals surface area contributed by atoms with Crippen LogP contribution in [0.4, 0.5) is 0 Å². The van der Waals surface area contributed by atoms with Crippen molar-refractivity contribution in [2.75, 3.05) is 7.05 Å². The third-order valence-corrected chi connectivity index (χ3v) is 5.83. The minimum Gasteiger partial charge on any atom is -0.508 e. The molecule has 4 N–H and O–H groups in total. The Morgan fingerprint density at radius 1 is 1.06 bits per heavy atom. The van der Waals surface area contributed by atoms with Gasteiger partial charge in [-0.1, -0.05) is 44.3 Å². The summed E-state index contributed by atoms with van der Waals surface area (Å²) in [5.74, 6) is -0.565. The molecule has 0 aliphatic rings. The number of carboxylic acids is 1. The van der Waals surface area contributed by atoms with E-state index in [-0.39, 0.29) is 18.0 Å². The van der Waals surface area contributed by atoms with Gasteiger partial charge in [-0.05, 0) is 75.4 Å². The lowest BCUT2D eigenvalue weighted by molar-refractivity contribution is -0.137. The van der Waals surface area contributed by atoms with Crippen molar-refractivity contribution < 1.29 is 20.1 Å². The number of carboxylic acid groups (broad SMARTS) is 1. The fourth-order valence-corrected chi connectivity index (χ4v) is 3.71. The normalized spacial score (nSPS) is 10.0. The molecule has 0 aliphatic heterocycles. The quantitative estimate of drug-likeness (QED) is 0.315. The standard InChI is InChI=1S/C14H17NO2.C11H14O2.C3H7NS/c1-4-12-10(3)11-7-9(2)5-6-13(11)15(12)8-14(16)17;1-4-8-5-9(7(2)3)11(13)6-10(8)12;1-3(5)4-2/h5-7H,4,8H2,1-3H3,(H,16,17);5-6,12-13H,2,4H2,1,3H3;1-2H3,(H,4,5). The first-order chi connectivity index (χ1) is 16.4. The Labute approximate surface area is 213 Å². The predicted octanol–water partition coefficient (Wildman–Crippen LogP) is 6.15. The molecule has 0 spiro atoms. The molecule has 1 heterocycles. The molecule has 0 radical (unpaired) electrons. The van der Waals surface area contributed by atoms with Gasteiger partial charge in [-0.3, -0.25) is 4.79 Å². The van der Waals surface area contributed by atoms with Gasteiger partial charge < -0.3 is 25.2 Å². The maximum Gasteiger partial charge on any atom is 0.323 e. The number of aliphatic carboxylic acids is 1. The molecular weight excluding hydrogens is 460 g/mol. The number of fused-ring (bicyclic) bond motifs is 1. The third-order valence-electron chi connectivity index (χ3n) is 5.62. The number of carbonyl (C=O) groups is 1. The molecule has 7 heteroatoms. The summed E-state index contributed by atoms with van der Waals surface area (Å²) in [7, 11) is 1.81. The number of aromatic nitrogens is 1. The largest absolute Gasteiger partial charge is 0.508 e. The molecule has 0 fully saturated rings. The number of hydrogen-bond donors (Lipinski definition) is 4. The van der Waals surface area contributed by atoms with Crippen LogP contribution in [0.15, 0.2) is 36.9 Å². The number of phenolic OH excluding ortho intramolecular Hbond substituents is 2. The summed E-state index contributed by atoms with van der Waals surface area (Å²) in [6.45, 7) is 15.6. The Balaban J connectivity index is 0.000000302. The second-order valence-corrected chi connectivity index (χ2v) is 8.98.